The molecule has 1 aliphatic carbocycles. The molecule has 0 amide bonds. The number of aryl methyl sites for hydroxylation is 1. The standard InChI is InChI=1S/C28H24Cl2N2O4/c29-21-2-1-3-22(30)26(21)27(31)20(28(34)17-5-6-17)15-35-25-11-8-19(13-32-25)24-10-7-18-12-16(14-33)4-9-23(18)36-24/h1-4,8-9,11-14,17,24,31,34H,5-7,10,15H2/b28-20-,31-27?. The first-order chi connectivity index (χ1) is 17.4. The number of hydrogen-bond acceptors (Lipinski definition) is 6. The Morgan fingerprint density at radius 1 is 1.14 bits per heavy atom. The number of aromatic nitrogens is 1. The fraction of sp³-hybridized carbons (Fsp3) is 0.250. The lowest BCUT2D eigenvalue weighted by Gasteiger charge is -2.26. The Bertz CT molecular complexity index is 1330. The second-order valence-corrected chi connectivity index (χ2v) is 9.77. The number of nitrogens with zero attached hydrogens (tertiary/aromatic N) is 1. The maximum Gasteiger partial charge on any atom is 0.213 e. The summed E-state index contributed by atoms with van der Waals surface area (Å²) in [6.45, 7) is -0.0402. The van der Waals surface area contributed by atoms with Crippen LogP contribution in [0.3, 0.4) is 0 Å². The van der Waals surface area contributed by atoms with E-state index in [-0.39, 0.29) is 30.1 Å². The molecule has 1 unspecified atom stereocenters. The van der Waals surface area contributed by atoms with Gasteiger partial charge in [-0.15, -0.1) is 0 Å². The van der Waals surface area contributed by atoms with Gasteiger partial charge in [0.15, 0.2) is 0 Å². The van der Waals surface area contributed by atoms with Gasteiger partial charge in [0.05, 0.1) is 21.3 Å². The summed E-state index contributed by atoms with van der Waals surface area (Å²) in [5, 5.41) is 20.2. The van der Waals surface area contributed by atoms with E-state index in [0.717, 1.165) is 48.8 Å². The number of allylic oxidation sites excluding steroid dienone is 1. The number of benzene rings is 2. The van der Waals surface area contributed by atoms with Gasteiger partial charge >= 0.3 is 0 Å². The van der Waals surface area contributed by atoms with Gasteiger partial charge in [-0.2, -0.15) is 0 Å². The Morgan fingerprint density at radius 2 is 1.92 bits per heavy atom. The Hall–Kier alpha value is -3.35. The van der Waals surface area contributed by atoms with Crippen LogP contribution < -0.4 is 9.47 Å². The van der Waals surface area contributed by atoms with Crippen molar-refractivity contribution in [1.82, 2.24) is 4.98 Å². The molecule has 1 aliphatic heterocycles. The number of nitrogens with one attached hydrogen (secondary N) is 1. The summed E-state index contributed by atoms with van der Waals surface area (Å²) in [5.41, 5.74) is 3.34. The highest BCUT2D eigenvalue weighted by atomic mass is 35.5. The van der Waals surface area contributed by atoms with Crippen LogP contribution >= 0.6 is 23.2 Å². The van der Waals surface area contributed by atoms with Gasteiger partial charge in [0.1, 0.15) is 30.5 Å². The Balaban J connectivity index is 1.29. The molecule has 0 radical (unpaired) electrons. The third-order valence-corrected chi connectivity index (χ3v) is 7.08. The number of rotatable bonds is 8. The molecule has 2 N–H and O–H groups in total. The van der Waals surface area contributed by atoms with Crippen LogP contribution in [0.4, 0.5) is 0 Å². The first kappa shape index (κ1) is 24.3. The summed E-state index contributed by atoms with van der Waals surface area (Å²) in [5.74, 6) is 1.30. The monoisotopic (exact) mass is 522 g/mol. The van der Waals surface area contributed by atoms with E-state index >= 15 is 0 Å². The van der Waals surface area contributed by atoms with Crippen molar-refractivity contribution in [2.75, 3.05) is 6.61 Å². The van der Waals surface area contributed by atoms with Gasteiger partial charge < -0.3 is 14.6 Å². The highest BCUT2D eigenvalue weighted by Crippen LogP contribution is 2.39. The van der Waals surface area contributed by atoms with Gasteiger partial charge in [-0.3, -0.25) is 10.2 Å². The fourth-order valence-corrected chi connectivity index (χ4v) is 4.88. The molecule has 0 spiro atoms. The second kappa shape index (κ2) is 10.3. The maximum absolute atomic E-state index is 11.0. The van der Waals surface area contributed by atoms with Gasteiger partial charge in [0.2, 0.25) is 5.88 Å². The van der Waals surface area contributed by atoms with E-state index in [1.165, 1.54) is 0 Å². The summed E-state index contributed by atoms with van der Waals surface area (Å²) < 4.78 is 12.0. The molecule has 1 saturated carbocycles. The highest BCUT2D eigenvalue weighted by molar-refractivity contribution is 6.41. The molecule has 2 aromatic carbocycles. The van der Waals surface area contributed by atoms with Crippen molar-refractivity contribution in [3.63, 3.8) is 0 Å². The van der Waals surface area contributed by atoms with Crippen LogP contribution in [0.1, 0.15) is 52.4 Å². The first-order valence-electron chi connectivity index (χ1n) is 11.7. The molecule has 6 nitrogen and oxygen atoms in total. The number of pyridine rings is 1. The number of carbonyl (C=O) groups excluding carboxylic acids is 1. The summed E-state index contributed by atoms with van der Waals surface area (Å²) in [6.07, 6.45) is 5.72. The third-order valence-electron chi connectivity index (χ3n) is 6.45. The van der Waals surface area contributed by atoms with E-state index in [2.05, 4.69) is 4.98 Å². The van der Waals surface area contributed by atoms with Crippen molar-refractivity contribution >= 4 is 35.2 Å². The van der Waals surface area contributed by atoms with E-state index in [9.17, 15) is 9.90 Å². The summed E-state index contributed by atoms with van der Waals surface area (Å²) in [7, 11) is 0. The van der Waals surface area contributed by atoms with Crippen LogP contribution in [0.5, 0.6) is 11.6 Å². The molecule has 2 heterocycles. The molecule has 36 heavy (non-hydrogen) atoms. The molecular formula is C28H24Cl2N2O4. The van der Waals surface area contributed by atoms with E-state index in [1.807, 2.05) is 18.2 Å². The number of ether oxygens (including phenoxy) is 2. The van der Waals surface area contributed by atoms with Crippen LogP contribution in [0.2, 0.25) is 10.0 Å². The average Bonchev–Trinajstić information content (AvgIpc) is 3.74. The van der Waals surface area contributed by atoms with Crippen molar-refractivity contribution in [2.45, 2.75) is 31.8 Å². The van der Waals surface area contributed by atoms with Crippen molar-refractivity contribution < 1.29 is 19.4 Å². The SMILES string of the molecule is N=C(/C(COc1ccc(C2CCc3cc(C=O)ccc3O2)cn1)=C(\O)C1CC1)c1c(Cl)cccc1Cl. The predicted octanol–water partition coefficient (Wildman–Crippen LogP) is 6.94. The number of aliphatic hydroxyl groups excluding tert-OH is 1. The number of hydrogen-bond donors (Lipinski definition) is 2. The lowest BCUT2D eigenvalue weighted by molar-refractivity contribution is 0.112. The summed E-state index contributed by atoms with van der Waals surface area (Å²) >= 11 is 12.6. The molecule has 2 aliphatic rings. The number of aliphatic hydroxyl groups is 1. The number of aldehydes is 1. The molecule has 184 valence electrons. The van der Waals surface area contributed by atoms with Gasteiger partial charge in [-0.1, -0.05) is 29.3 Å². The topological polar surface area (TPSA) is 92.5 Å². The number of carbonyl (C=O) groups is 1. The first-order valence-corrected chi connectivity index (χ1v) is 12.5. The van der Waals surface area contributed by atoms with Gasteiger partial charge in [-0.25, -0.2) is 4.98 Å². The molecular weight excluding hydrogens is 499 g/mol. The van der Waals surface area contributed by atoms with Crippen molar-refractivity contribution in [3.8, 4) is 11.6 Å². The largest absolute Gasteiger partial charge is 0.512 e. The number of halogens is 2. The predicted molar refractivity (Wildman–Crippen MR) is 139 cm³/mol. The van der Waals surface area contributed by atoms with Crippen LogP contribution in [-0.4, -0.2) is 28.7 Å². The van der Waals surface area contributed by atoms with Crippen molar-refractivity contribution in [3.05, 3.63) is 98.4 Å². The van der Waals surface area contributed by atoms with Crippen LogP contribution in [0.25, 0.3) is 0 Å². The molecule has 8 heteroatoms. The van der Waals surface area contributed by atoms with E-state index < -0.39 is 0 Å². The fourth-order valence-electron chi connectivity index (χ4n) is 4.30. The Morgan fingerprint density at radius 3 is 2.58 bits per heavy atom. The van der Waals surface area contributed by atoms with Gasteiger partial charge in [0, 0.05) is 34.9 Å². The van der Waals surface area contributed by atoms with Gasteiger partial charge in [0.25, 0.3) is 0 Å². The molecule has 0 bridgehead atoms. The molecule has 5 rings (SSSR count). The highest BCUT2D eigenvalue weighted by Gasteiger charge is 2.31. The van der Waals surface area contributed by atoms with E-state index in [0.29, 0.717) is 32.6 Å². The quantitative estimate of drug-likeness (QED) is 0.190. The van der Waals surface area contributed by atoms with Crippen molar-refractivity contribution in [1.29, 1.82) is 5.41 Å². The Kier molecular flexibility index (Phi) is 6.99. The lowest BCUT2D eigenvalue weighted by atomic mass is 9.97. The molecule has 0 saturated heterocycles. The van der Waals surface area contributed by atoms with Crippen molar-refractivity contribution in [2.24, 2.45) is 5.92 Å². The molecule has 1 atom stereocenters. The van der Waals surface area contributed by atoms with E-state index in [1.54, 1.807) is 36.5 Å². The maximum atomic E-state index is 11.0. The molecule has 1 aromatic heterocycles. The molecule has 3 aromatic rings. The molecule has 1 fully saturated rings. The zero-order chi connectivity index (χ0) is 25.2. The second-order valence-electron chi connectivity index (χ2n) is 8.96. The minimum atomic E-state index is -0.147. The van der Waals surface area contributed by atoms with Gasteiger partial charge in [-0.05, 0) is 67.6 Å². The minimum Gasteiger partial charge on any atom is -0.512 e. The number of fused-ring (bicyclic) bond motifs is 1. The lowest BCUT2D eigenvalue weighted by Crippen LogP contribution is -2.17. The smallest absolute Gasteiger partial charge is 0.213 e. The van der Waals surface area contributed by atoms with Crippen LogP contribution in [0.15, 0.2) is 66.1 Å². The summed E-state index contributed by atoms with van der Waals surface area (Å²) in [4.78, 5) is 15.4. The Labute approximate surface area is 219 Å². The zero-order valence-corrected chi connectivity index (χ0v) is 20.9. The van der Waals surface area contributed by atoms with E-state index in [4.69, 9.17) is 38.1 Å². The third kappa shape index (κ3) is 5.11. The normalized spacial score (nSPS) is 17.4. The van der Waals surface area contributed by atoms with Crippen LogP contribution in [0, 0.1) is 11.3 Å². The summed E-state index contributed by atoms with van der Waals surface area (Å²) in [6, 6.07) is 14.1. The zero-order valence-electron chi connectivity index (χ0n) is 19.3. The average molecular weight is 523 g/mol. The van der Waals surface area contributed by atoms with Crippen LogP contribution in [-0.2, 0) is 6.42 Å². The minimum absolute atomic E-state index is 0.0227.